The lowest BCUT2D eigenvalue weighted by molar-refractivity contribution is 0.414. The van der Waals surface area contributed by atoms with Gasteiger partial charge >= 0.3 is 0 Å². The SMILES string of the molecule is COc1ccc(CCSc2nncn2-c2ccccc2C)cc1. The third kappa shape index (κ3) is 3.74. The van der Waals surface area contributed by atoms with Crippen LogP contribution < -0.4 is 4.74 Å². The lowest BCUT2D eigenvalue weighted by Gasteiger charge is -2.09. The Bertz CT molecular complexity index is 768. The predicted octanol–water partition coefficient (Wildman–Crippen LogP) is 3.92. The molecule has 0 fully saturated rings. The molecule has 0 spiro atoms. The van der Waals surface area contributed by atoms with E-state index in [2.05, 4.69) is 41.4 Å². The smallest absolute Gasteiger partial charge is 0.195 e. The summed E-state index contributed by atoms with van der Waals surface area (Å²) in [5.41, 5.74) is 3.63. The zero-order valence-corrected chi connectivity index (χ0v) is 14.1. The van der Waals surface area contributed by atoms with Gasteiger partial charge in [0.15, 0.2) is 5.16 Å². The van der Waals surface area contributed by atoms with Gasteiger partial charge in [0.2, 0.25) is 0 Å². The molecule has 0 bridgehead atoms. The second-order valence-electron chi connectivity index (χ2n) is 5.22. The van der Waals surface area contributed by atoms with E-state index in [9.17, 15) is 0 Å². The molecule has 0 radical (unpaired) electrons. The van der Waals surface area contributed by atoms with Gasteiger partial charge in [0.1, 0.15) is 12.1 Å². The summed E-state index contributed by atoms with van der Waals surface area (Å²) >= 11 is 1.72. The highest BCUT2D eigenvalue weighted by Gasteiger charge is 2.08. The van der Waals surface area contributed by atoms with Crippen molar-refractivity contribution in [2.24, 2.45) is 0 Å². The van der Waals surface area contributed by atoms with Gasteiger partial charge in [-0.3, -0.25) is 4.57 Å². The van der Waals surface area contributed by atoms with Crippen LogP contribution in [0.1, 0.15) is 11.1 Å². The van der Waals surface area contributed by atoms with Crippen molar-refractivity contribution < 1.29 is 4.74 Å². The van der Waals surface area contributed by atoms with Gasteiger partial charge in [-0.25, -0.2) is 0 Å². The second-order valence-corrected chi connectivity index (χ2v) is 6.28. The molecule has 3 aromatic rings. The Morgan fingerprint density at radius 3 is 2.61 bits per heavy atom. The van der Waals surface area contributed by atoms with Crippen LogP contribution in [0.15, 0.2) is 60.0 Å². The van der Waals surface area contributed by atoms with E-state index in [1.165, 1.54) is 11.1 Å². The van der Waals surface area contributed by atoms with E-state index in [1.807, 2.05) is 28.8 Å². The second kappa shape index (κ2) is 7.33. The summed E-state index contributed by atoms with van der Waals surface area (Å²) in [5.74, 6) is 1.84. The number of nitrogens with zero attached hydrogens (tertiary/aromatic N) is 3. The predicted molar refractivity (Wildman–Crippen MR) is 93.5 cm³/mol. The van der Waals surface area contributed by atoms with Crippen molar-refractivity contribution in [3.63, 3.8) is 0 Å². The van der Waals surface area contributed by atoms with Gasteiger partial charge < -0.3 is 4.74 Å². The molecule has 0 aliphatic rings. The molecule has 118 valence electrons. The van der Waals surface area contributed by atoms with Crippen molar-refractivity contribution in [1.82, 2.24) is 14.8 Å². The average molecular weight is 325 g/mol. The summed E-state index contributed by atoms with van der Waals surface area (Å²) < 4.78 is 7.23. The number of hydrogen-bond donors (Lipinski definition) is 0. The summed E-state index contributed by atoms with van der Waals surface area (Å²) in [7, 11) is 1.68. The summed E-state index contributed by atoms with van der Waals surface area (Å²) in [6.45, 7) is 2.10. The normalized spacial score (nSPS) is 10.7. The number of ether oxygens (including phenoxy) is 1. The molecule has 0 unspecified atom stereocenters. The van der Waals surface area contributed by atoms with E-state index in [-0.39, 0.29) is 0 Å². The van der Waals surface area contributed by atoms with Gasteiger partial charge in [-0.1, -0.05) is 42.1 Å². The minimum atomic E-state index is 0.890. The monoisotopic (exact) mass is 325 g/mol. The van der Waals surface area contributed by atoms with Gasteiger partial charge in [-0.2, -0.15) is 0 Å². The van der Waals surface area contributed by atoms with Crippen molar-refractivity contribution in [2.75, 3.05) is 12.9 Å². The molecule has 5 heteroatoms. The Labute approximate surface area is 140 Å². The number of thioether (sulfide) groups is 1. The molecule has 1 heterocycles. The minimum Gasteiger partial charge on any atom is -0.497 e. The first-order valence-electron chi connectivity index (χ1n) is 7.49. The quantitative estimate of drug-likeness (QED) is 0.644. The Kier molecular flexibility index (Phi) is 4.98. The van der Waals surface area contributed by atoms with E-state index >= 15 is 0 Å². The minimum absolute atomic E-state index is 0.890. The Balaban J connectivity index is 1.65. The molecule has 4 nitrogen and oxygen atoms in total. The number of para-hydroxylation sites is 1. The van der Waals surface area contributed by atoms with Crippen LogP contribution in [-0.2, 0) is 6.42 Å². The van der Waals surface area contributed by atoms with Crippen molar-refractivity contribution in [3.8, 4) is 11.4 Å². The van der Waals surface area contributed by atoms with Gasteiger partial charge in [-0.15, -0.1) is 10.2 Å². The topological polar surface area (TPSA) is 39.9 Å². The molecule has 0 amide bonds. The Morgan fingerprint density at radius 1 is 1.09 bits per heavy atom. The molecule has 0 N–H and O–H groups in total. The van der Waals surface area contributed by atoms with Crippen molar-refractivity contribution in [3.05, 3.63) is 66.0 Å². The average Bonchev–Trinajstić information content (AvgIpc) is 3.04. The molecule has 3 rings (SSSR count). The molecule has 0 saturated heterocycles. The van der Waals surface area contributed by atoms with E-state index < -0.39 is 0 Å². The van der Waals surface area contributed by atoms with Gasteiger partial charge in [0.25, 0.3) is 0 Å². The van der Waals surface area contributed by atoms with Crippen LogP contribution in [0.25, 0.3) is 5.69 Å². The zero-order valence-electron chi connectivity index (χ0n) is 13.3. The van der Waals surface area contributed by atoms with Gasteiger partial charge in [0.05, 0.1) is 12.8 Å². The first-order chi connectivity index (χ1) is 11.3. The van der Waals surface area contributed by atoms with Crippen LogP contribution in [0.5, 0.6) is 5.75 Å². The number of benzene rings is 2. The molecular formula is C18H19N3OS. The number of aryl methyl sites for hydroxylation is 2. The van der Waals surface area contributed by atoms with Crippen molar-refractivity contribution in [2.45, 2.75) is 18.5 Å². The van der Waals surface area contributed by atoms with Crippen LogP contribution in [0.3, 0.4) is 0 Å². The number of hydrogen-bond acceptors (Lipinski definition) is 4. The van der Waals surface area contributed by atoms with Crippen LogP contribution >= 0.6 is 11.8 Å². The molecule has 2 aromatic carbocycles. The van der Waals surface area contributed by atoms with Gasteiger partial charge in [-0.05, 0) is 42.7 Å². The van der Waals surface area contributed by atoms with Crippen molar-refractivity contribution >= 4 is 11.8 Å². The number of rotatable bonds is 6. The molecule has 0 aliphatic heterocycles. The van der Waals surface area contributed by atoms with Crippen LogP contribution in [0.4, 0.5) is 0 Å². The largest absolute Gasteiger partial charge is 0.497 e. The first-order valence-corrected chi connectivity index (χ1v) is 8.48. The Hall–Kier alpha value is -2.27. The summed E-state index contributed by atoms with van der Waals surface area (Å²) in [6, 6.07) is 16.5. The molecule has 0 atom stereocenters. The highest BCUT2D eigenvalue weighted by Crippen LogP contribution is 2.22. The molecule has 0 saturated carbocycles. The fourth-order valence-corrected chi connectivity index (χ4v) is 3.28. The molecule has 23 heavy (non-hydrogen) atoms. The maximum absolute atomic E-state index is 5.18. The van der Waals surface area contributed by atoms with E-state index in [0.717, 1.165) is 28.8 Å². The van der Waals surface area contributed by atoms with E-state index in [1.54, 1.807) is 25.2 Å². The van der Waals surface area contributed by atoms with Crippen molar-refractivity contribution in [1.29, 1.82) is 0 Å². The molecular weight excluding hydrogens is 306 g/mol. The summed E-state index contributed by atoms with van der Waals surface area (Å²) in [5, 5.41) is 9.24. The fourth-order valence-electron chi connectivity index (χ4n) is 2.37. The van der Waals surface area contributed by atoms with Crippen LogP contribution in [0.2, 0.25) is 0 Å². The van der Waals surface area contributed by atoms with E-state index in [4.69, 9.17) is 4.74 Å². The number of aromatic nitrogens is 3. The Morgan fingerprint density at radius 2 is 1.87 bits per heavy atom. The maximum atomic E-state index is 5.18. The first kappa shape index (κ1) is 15.6. The molecule has 0 aliphatic carbocycles. The summed E-state index contributed by atoms with van der Waals surface area (Å²) in [6.07, 6.45) is 2.76. The zero-order chi connectivity index (χ0) is 16.1. The lowest BCUT2D eigenvalue weighted by Crippen LogP contribution is -1.98. The standard InChI is InChI=1S/C18H19N3OS/c1-14-5-3-4-6-17(14)21-13-19-20-18(21)23-12-11-15-7-9-16(22-2)10-8-15/h3-10,13H,11-12H2,1-2H3. The summed E-state index contributed by atoms with van der Waals surface area (Å²) in [4.78, 5) is 0. The van der Waals surface area contributed by atoms with Crippen LogP contribution in [0, 0.1) is 6.92 Å². The molecule has 1 aromatic heterocycles. The van der Waals surface area contributed by atoms with E-state index in [0.29, 0.717) is 0 Å². The highest BCUT2D eigenvalue weighted by atomic mass is 32.2. The highest BCUT2D eigenvalue weighted by molar-refractivity contribution is 7.99. The number of methoxy groups -OCH3 is 1. The third-order valence-corrected chi connectivity index (χ3v) is 4.62. The third-order valence-electron chi connectivity index (χ3n) is 3.67. The fraction of sp³-hybridized carbons (Fsp3) is 0.222. The van der Waals surface area contributed by atoms with Gasteiger partial charge in [0, 0.05) is 5.75 Å². The maximum Gasteiger partial charge on any atom is 0.195 e. The lowest BCUT2D eigenvalue weighted by atomic mass is 10.2. The van der Waals surface area contributed by atoms with Crippen LogP contribution in [-0.4, -0.2) is 27.6 Å².